The lowest BCUT2D eigenvalue weighted by molar-refractivity contribution is 0.0464. The van der Waals surface area contributed by atoms with E-state index >= 15 is 0 Å². The van der Waals surface area contributed by atoms with Gasteiger partial charge in [0.05, 0.1) is 19.3 Å². The van der Waals surface area contributed by atoms with Gasteiger partial charge in [0.1, 0.15) is 5.75 Å². The fraction of sp³-hybridized carbons (Fsp3) is 0.600. The van der Waals surface area contributed by atoms with Crippen LogP contribution in [0.3, 0.4) is 0 Å². The molecule has 0 saturated heterocycles. The van der Waals surface area contributed by atoms with Crippen molar-refractivity contribution < 1.29 is 14.9 Å². The summed E-state index contributed by atoms with van der Waals surface area (Å²) in [5, 5.41) is 19.3. The van der Waals surface area contributed by atoms with Crippen molar-refractivity contribution in [3.05, 3.63) is 23.8 Å². The van der Waals surface area contributed by atoms with Crippen molar-refractivity contribution in [2.75, 3.05) is 25.6 Å². The average molecular weight is 265 g/mol. The monoisotopic (exact) mass is 265 g/mol. The molecule has 0 aliphatic heterocycles. The van der Waals surface area contributed by atoms with Gasteiger partial charge in [0.25, 0.3) is 0 Å². The summed E-state index contributed by atoms with van der Waals surface area (Å²) in [7, 11) is 3.64. The first-order chi connectivity index (χ1) is 9.02. The van der Waals surface area contributed by atoms with E-state index in [2.05, 4.69) is 4.90 Å². The van der Waals surface area contributed by atoms with Gasteiger partial charge in [-0.1, -0.05) is 6.07 Å². The highest BCUT2D eigenvalue weighted by Gasteiger charge is 2.29. The molecule has 0 bridgehead atoms. The fourth-order valence-corrected chi connectivity index (χ4v) is 2.80. The number of rotatable bonds is 5. The number of aliphatic hydroxyl groups is 2. The molecule has 0 radical (unpaired) electrons. The van der Waals surface area contributed by atoms with Crippen LogP contribution in [0.25, 0.3) is 0 Å². The van der Waals surface area contributed by atoms with Gasteiger partial charge in [-0.05, 0) is 37.8 Å². The van der Waals surface area contributed by atoms with Crippen LogP contribution in [0.4, 0.5) is 5.69 Å². The van der Waals surface area contributed by atoms with E-state index in [1.54, 1.807) is 14.0 Å². The molecular weight excluding hydrogens is 242 g/mol. The summed E-state index contributed by atoms with van der Waals surface area (Å²) in [5.41, 5.74) is 1.82. The number of methoxy groups -OCH3 is 1. The molecule has 1 atom stereocenters. The molecule has 1 aromatic carbocycles. The highest BCUT2D eigenvalue weighted by atomic mass is 16.5. The Bertz CT molecular complexity index is 427. The number of anilines is 1. The number of hydrogen-bond acceptors (Lipinski definition) is 4. The number of aliphatic hydroxyl groups excluding tert-OH is 2. The minimum Gasteiger partial charge on any atom is -0.496 e. The molecule has 0 aromatic heterocycles. The third-order valence-electron chi connectivity index (χ3n) is 3.83. The second-order valence-electron chi connectivity index (χ2n) is 5.44. The Hall–Kier alpha value is -1.26. The molecule has 106 valence electrons. The summed E-state index contributed by atoms with van der Waals surface area (Å²) in [6, 6.07) is 5.80. The zero-order chi connectivity index (χ0) is 14.0. The third-order valence-corrected chi connectivity index (χ3v) is 3.83. The standard InChI is InChI=1S/C15H23NO3/c1-10(17)15-13(5-4-6-14(15)19-3)16(2)9-11-7-12(18)8-11/h4-6,10-12,17-18H,7-9H2,1-3H3. The van der Waals surface area contributed by atoms with Crippen LogP contribution in [-0.2, 0) is 0 Å². The maximum absolute atomic E-state index is 9.97. The molecule has 1 fully saturated rings. The van der Waals surface area contributed by atoms with Crippen molar-refractivity contribution in [1.29, 1.82) is 0 Å². The summed E-state index contributed by atoms with van der Waals surface area (Å²) in [4.78, 5) is 2.14. The highest BCUT2D eigenvalue weighted by molar-refractivity contribution is 5.60. The second kappa shape index (κ2) is 5.80. The first kappa shape index (κ1) is 14.2. The molecule has 1 aromatic rings. The summed E-state index contributed by atoms with van der Waals surface area (Å²) in [6.45, 7) is 2.65. The minimum absolute atomic E-state index is 0.125. The Kier molecular flexibility index (Phi) is 4.32. The van der Waals surface area contributed by atoms with Crippen LogP contribution >= 0.6 is 0 Å². The number of benzene rings is 1. The van der Waals surface area contributed by atoms with Gasteiger partial charge in [-0.3, -0.25) is 0 Å². The Morgan fingerprint density at radius 1 is 1.42 bits per heavy atom. The normalized spacial score (nSPS) is 23.6. The second-order valence-corrected chi connectivity index (χ2v) is 5.44. The lowest BCUT2D eigenvalue weighted by atomic mass is 9.82. The zero-order valence-electron chi connectivity index (χ0n) is 11.8. The van der Waals surface area contributed by atoms with E-state index in [9.17, 15) is 10.2 Å². The quantitative estimate of drug-likeness (QED) is 0.854. The molecule has 1 unspecified atom stereocenters. The maximum atomic E-state index is 9.97. The Labute approximate surface area is 114 Å². The third kappa shape index (κ3) is 3.01. The summed E-state index contributed by atoms with van der Waals surface area (Å²) < 4.78 is 5.33. The van der Waals surface area contributed by atoms with Gasteiger partial charge in [-0.25, -0.2) is 0 Å². The number of ether oxygens (including phenoxy) is 1. The van der Waals surface area contributed by atoms with Gasteiger partial charge in [0.2, 0.25) is 0 Å². The van der Waals surface area contributed by atoms with E-state index in [0.717, 1.165) is 30.6 Å². The molecule has 2 rings (SSSR count). The van der Waals surface area contributed by atoms with Crippen molar-refractivity contribution in [3.63, 3.8) is 0 Å². The molecule has 1 aliphatic rings. The van der Waals surface area contributed by atoms with E-state index in [-0.39, 0.29) is 6.10 Å². The molecule has 0 heterocycles. The van der Waals surface area contributed by atoms with E-state index in [1.807, 2.05) is 25.2 Å². The van der Waals surface area contributed by atoms with Gasteiger partial charge in [0.15, 0.2) is 0 Å². The lowest BCUT2D eigenvalue weighted by Crippen LogP contribution is -2.37. The predicted octanol–water partition coefficient (Wildman–Crippen LogP) is 1.96. The van der Waals surface area contributed by atoms with E-state index in [4.69, 9.17) is 4.74 Å². The zero-order valence-corrected chi connectivity index (χ0v) is 11.8. The molecule has 4 nitrogen and oxygen atoms in total. The Morgan fingerprint density at radius 3 is 2.63 bits per heavy atom. The minimum atomic E-state index is -0.569. The average Bonchev–Trinajstić information content (AvgIpc) is 2.35. The van der Waals surface area contributed by atoms with Crippen molar-refractivity contribution in [2.45, 2.75) is 32.0 Å². The number of nitrogens with zero attached hydrogens (tertiary/aromatic N) is 1. The van der Waals surface area contributed by atoms with E-state index in [0.29, 0.717) is 11.7 Å². The molecule has 1 saturated carbocycles. The largest absolute Gasteiger partial charge is 0.496 e. The van der Waals surface area contributed by atoms with Crippen LogP contribution in [0.5, 0.6) is 5.75 Å². The molecular formula is C15H23NO3. The molecule has 4 heteroatoms. The highest BCUT2D eigenvalue weighted by Crippen LogP contribution is 2.36. The molecule has 19 heavy (non-hydrogen) atoms. The van der Waals surface area contributed by atoms with Gasteiger partial charge in [0, 0.05) is 24.8 Å². The fourth-order valence-electron chi connectivity index (χ4n) is 2.80. The van der Waals surface area contributed by atoms with Crippen LogP contribution in [0.2, 0.25) is 0 Å². The van der Waals surface area contributed by atoms with Crippen molar-refractivity contribution in [3.8, 4) is 5.75 Å². The van der Waals surface area contributed by atoms with Crippen molar-refractivity contribution in [1.82, 2.24) is 0 Å². The van der Waals surface area contributed by atoms with Crippen LogP contribution in [0.15, 0.2) is 18.2 Å². The predicted molar refractivity (Wildman–Crippen MR) is 75.6 cm³/mol. The van der Waals surface area contributed by atoms with Gasteiger partial charge >= 0.3 is 0 Å². The van der Waals surface area contributed by atoms with Crippen LogP contribution in [-0.4, -0.2) is 37.0 Å². The van der Waals surface area contributed by atoms with E-state index < -0.39 is 6.10 Å². The molecule has 0 spiro atoms. The molecule has 1 aliphatic carbocycles. The SMILES string of the molecule is COc1cccc(N(C)CC2CC(O)C2)c1C(C)O. The van der Waals surface area contributed by atoms with Crippen LogP contribution < -0.4 is 9.64 Å². The van der Waals surface area contributed by atoms with Crippen LogP contribution in [0.1, 0.15) is 31.4 Å². The topological polar surface area (TPSA) is 52.9 Å². The first-order valence-electron chi connectivity index (χ1n) is 6.77. The summed E-state index contributed by atoms with van der Waals surface area (Å²) in [6.07, 6.45) is 1.05. The summed E-state index contributed by atoms with van der Waals surface area (Å²) in [5.74, 6) is 1.25. The maximum Gasteiger partial charge on any atom is 0.126 e. The molecule has 0 amide bonds. The van der Waals surface area contributed by atoms with Crippen molar-refractivity contribution in [2.24, 2.45) is 5.92 Å². The van der Waals surface area contributed by atoms with Crippen LogP contribution in [0, 0.1) is 5.92 Å². The smallest absolute Gasteiger partial charge is 0.126 e. The lowest BCUT2D eigenvalue weighted by Gasteiger charge is -2.36. The van der Waals surface area contributed by atoms with Crippen molar-refractivity contribution >= 4 is 5.69 Å². The number of hydrogen-bond donors (Lipinski definition) is 2. The Balaban J connectivity index is 2.18. The first-order valence-corrected chi connectivity index (χ1v) is 6.77. The molecule has 2 N–H and O–H groups in total. The van der Waals surface area contributed by atoms with Gasteiger partial charge in [-0.15, -0.1) is 0 Å². The van der Waals surface area contributed by atoms with Gasteiger partial charge in [-0.2, -0.15) is 0 Å². The Morgan fingerprint density at radius 2 is 2.11 bits per heavy atom. The summed E-state index contributed by atoms with van der Waals surface area (Å²) >= 11 is 0. The van der Waals surface area contributed by atoms with Gasteiger partial charge < -0.3 is 19.8 Å². The van der Waals surface area contributed by atoms with E-state index in [1.165, 1.54) is 0 Å².